The number of ketones is 1. The van der Waals surface area contributed by atoms with Crippen LogP contribution in [0.5, 0.6) is 0 Å². The van der Waals surface area contributed by atoms with Crippen molar-refractivity contribution in [2.45, 2.75) is 52.8 Å². The highest BCUT2D eigenvalue weighted by Gasteiger charge is 2.36. The summed E-state index contributed by atoms with van der Waals surface area (Å²) in [6.07, 6.45) is -4.29. The highest BCUT2D eigenvalue weighted by molar-refractivity contribution is 6.32. The van der Waals surface area contributed by atoms with Crippen molar-refractivity contribution in [3.63, 3.8) is 0 Å². The third kappa shape index (κ3) is 5.34. The van der Waals surface area contributed by atoms with Gasteiger partial charge in [0.15, 0.2) is 0 Å². The van der Waals surface area contributed by atoms with Gasteiger partial charge in [0, 0.05) is 36.6 Å². The molecule has 0 saturated carbocycles. The normalized spacial score (nSPS) is 14.6. The van der Waals surface area contributed by atoms with Crippen LogP contribution >= 0.6 is 11.6 Å². The molecule has 0 aromatic heterocycles. The second kappa shape index (κ2) is 8.22. The summed E-state index contributed by atoms with van der Waals surface area (Å²) in [5.74, 6) is -0.606. The summed E-state index contributed by atoms with van der Waals surface area (Å²) in [5.41, 5.74) is 0.699. The van der Waals surface area contributed by atoms with E-state index in [2.05, 4.69) is 0 Å². The zero-order valence-corrected chi connectivity index (χ0v) is 17.9. The first kappa shape index (κ1) is 22.6. The number of Topliss-reactive ketones (excluding diaryl/α,β-unsaturated/α-hetero) is 1. The molecule has 0 aliphatic carbocycles. The van der Waals surface area contributed by atoms with E-state index < -0.39 is 11.7 Å². The highest BCUT2D eigenvalue weighted by Crippen LogP contribution is 2.40. The highest BCUT2D eigenvalue weighted by atomic mass is 35.5. The van der Waals surface area contributed by atoms with Crippen molar-refractivity contribution >= 4 is 23.1 Å². The Kier molecular flexibility index (Phi) is 6.19. The SMILES string of the molecule is CC(C)(C)CC(=O)Cc1c(Cl)cc(N2CCc3cc(F)ccc3C2)cc1C(F)(F)F. The molecule has 1 heterocycles. The summed E-state index contributed by atoms with van der Waals surface area (Å²) < 4.78 is 54.9. The molecule has 0 atom stereocenters. The lowest BCUT2D eigenvalue weighted by molar-refractivity contribution is -0.138. The molecule has 2 aromatic rings. The number of nitrogens with zero attached hydrogens (tertiary/aromatic N) is 1. The van der Waals surface area contributed by atoms with Crippen molar-refractivity contribution in [2.75, 3.05) is 11.4 Å². The first-order chi connectivity index (χ1) is 13.8. The van der Waals surface area contributed by atoms with Crippen LogP contribution in [-0.2, 0) is 30.4 Å². The van der Waals surface area contributed by atoms with Gasteiger partial charge in [0.05, 0.1) is 5.56 Å². The summed E-state index contributed by atoms with van der Waals surface area (Å²) in [4.78, 5) is 14.1. The molecule has 7 heteroatoms. The quantitative estimate of drug-likeness (QED) is 0.497. The Morgan fingerprint density at radius 2 is 1.80 bits per heavy atom. The number of fused-ring (bicyclic) bond motifs is 1. The Balaban J connectivity index is 1.93. The fourth-order valence-electron chi connectivity index (χ4n) is 3.83. The van der Waals surface area contributed by atoms with Crippen LogP contribution in [0.15, 0.2) is 30.3 Å². The number of benzene rings is 2. The zero-order chi connectivity index (χ0) is 22.3. The predicted molar refractivity (Wildman–Crippen MR) is 110 cm³/mol. The van der Waals surface area contributed by atoms with Crippen LogP contribution in [-0.4, -0.2) is 12.3 Å². The van der Waals surface area contributed by atoms with Crippen molar-refractivity contribution in [3.05, 3.63) is 63.4 Å². The average molecular weight is 442 g/mol. The standard InChI is InChI=1S/C23H24ClF4NO/c1-22(2,3)12-18(30)11-19-20(23(26,27)28)9-17(10-21(19)24)29-7-6-14-8-16(25)5-4-15(14)13-29/h4-5,8-10H,6-7,11-13H2,1-3H3. The first-order valence-corrected chi connectivity index (χ1v) is 10.1. The maximum Gasteiger partial charge on any atom is 0.416 e. The molecule has 0 fully saturated rings. The van der Waals surface area contributed by atoms with E-state index in [-0.39, 0.29) is 40.4 Å². The van der Waals surface area contributed by atoms with Gasteiger partial charge >= 0.3 is 6.18 Å². The molecule has 0 bridgehead atoms. The maximum absolute atomic E-state index is 13.8. The minimum Gasteiger partial charge on any atom is -0.367 e. The van der Waals surface area contributed by atoms with Gasteiger partial charge in [-0.1, -0.05) is 38.4 Å². The molecular formula is C23H24ClF4NO. The van der Waals surface area contributed by atoms with Gasteiger partial charge in [0.2, 0.25) is 0 Å². The van der Waals surface area contributed by atoms with Gasteiger partial charge in [-0.15, -0.1) is 0 Å². The molecule has 2 aromatic carbocycles. The second-order valence-corrected chi connectivity index (χ2v) is 9.40. The van der Waals surface area contributed by atoms with Gasteiger partial charge in [0.1, 0.15) is 11.6 Å². The molecule has 1 aliphatic heterocycles. The van der Waals surface area contributed by atoms with E-state index in [1.165, 1.54) is 18.2 Å². The predicted octanol–water partition coefficient (Wildman–Crippen LogP) is 6.61. The van der Waals surface area contributed by atoms with Crippen LogP contribution in [0, 0.1) is 11.2 Å². The van der Waals surface area contributed by atoms with E-state index in [0.29, 0.717) is 25.2 Å². The molecule has 0 unspecified atom stereocenters. The lowest BCUT2D eigenvalue weighted by atomic mass is 9.87. The Labute approximate surface area is 178 Å². The number of halogens is 5. The van der Waals surface area contributed by atoms with E-state index in [1.807, 2.05) is 20.8 Å². The smallest absolute Gasteiger partial charge is 0.367 e. The molecule has 0 saturated heterocycles. The molecule has 0 radical (unpaired) electrons. The van der Waals surface area contributed by atoms with Crippen LogP contribution < -0.4 is 4.90 Å². The Hall–Kier alpha value is -2.08. The third-order valence-corrected chi connectivity index (χ3v) is 5.47. The van der Waals surface area contributed by atoms with Gasteiger partial charge in [-0.05, 0) is 52.8 Å². The van der Waals surface area contributed by atoms with Crippen molar-refractivity contribution in [2.24, 2.45) is 5.41 Å². The summed E-state index contributed by atoms with van der Waals surface area (Å²) in [6, 6.07) is 7.03. The van der Waals surface area contributed by atoms with Gasteiger partial charge in [-0.2, -0.15) is 13.2 Å². The molecule has 0 spiro atoms. The molecular weight excluding hydrogens is 418 g/mol. The van der Waals surface area contributed by atoms with Crippen LogP contribution in [0.25, 0.3) is 0 Å². The maximum atomic E-state index is 13.8. The van der Waals surface area contributed by atoms with E-state index in [9.17, 15) is 22.4 Å². The van der Waals surface area contributed by atoms with Crippen LogP contribution in [0.4, 0.5) is 23.2 Å². The third-order valence-electron chi connectivity index (χ3n) is 5.13. The number of anilines is 1. The molecule has 30 heavy (non-hydrogen) atoms. The summed E-state index contributed by atoms with van der Waals surface area (Å²) >= 11 is 6.27. The minimum absolute atomic E-state index is 0.0630. The van der Waals surface area contributed by atoms with Gasteiger partial charge in [-0.25, -0.2) is 4.39 Å². The number of alkyl halides is 3. The lowest BCUT2D eigenvalue weighted by Gasteiger charge is -2.32. The molecule has 0 N–H and O–H groups in total. The Morgan fingerprint density at radius 1 is 1.10 bits per heavy atom. The molecule has 0 amide bonds. The number of carbonyl (C=O) groups is 1. The summed E-state index contributed by atoms with van der Waals surface area (Å²) in [6.45, 7) is 6.40. The van der Waals surface area contributed by atoms with E-state index in [0.717, 1.165) is 17.2 Å². The van der Waals surface area contributed by atoms with Crippen molar-refractivity contribution in [3.8, 4) is 0 Å². The fraction of sp³-hybridized carbons (Fsp3) is 0.435. The van der Waals surface area contributed by atoms with Gasteiger partial charge in [-0.3, -0.25) is 4.79 Å². The van der Waals surface area contributed by atoms with Crippen LogP contribution in [0.2, 0.25) is 5.02 Å². The molecule has 2 nitrogen and oxygen atoms in total. The minimum atomic E-state index is -4.63. The zero-order valence-electron chi connectivity index (χ0n) is 17.2. The van der Waals surface area contributed by atoms with E-state index >= 15 is 0 Å². The Bertz CT molecular complexity index is 963. The van der Waals surface area contributed by atoms with Crippen molar-refractivity contribution in [1.82, 2.24) is 0 Å². The van der Waals surface area contributed by atoms with Gasteiger partial charge < -0.3 is 4.90 Å². The lowest BCUT2D eigenvalue weighted by Crippen LogP contribution is -2.31. The monoisotopic (exact) mass is 441 g/mol. The molecule has 162 valence electrons. The number of hydrogen-bond donors (Lipinski definition) is 0. The van der Waals surface area contributed by atoms with E-state index in [1.54, 1.807) is 11.0 Å². The van der Waals surface area contributed by atoms with E-state index in [4.69, 9.17) is 11.6 Å². The first-order valence-electron chi connectivity index (χ1n) is 9.77. The average Bonchev–Trinajstić information content (AvgIpc) is 2.60. The summed E-state index contributed by atoms with van der Waals surface area (Å²) in [7, 11) is 0. The van der Waals surface area contributed by atoms with Crippen LogP contribution in [0.1, 0.15) is 49.4 Å². The van der Waals surface area contributed by atoms with Crippen molar-refractivity contribution < 1.29 is 22.4 Å². The van der Waals surface area contributed by atoms with Crippen LogP contribution in [0.3, 0.4) is 0 Å². The Morgan fingerprint density at radius 3 is 2.43 bits per heavy atom. The van der Waals surface area contributed by atoms with Crippen molar-refractivity contribution in [1.29, 1.82) is 0 Å². The topological polar surface area (TPSA) is 20.3 Å². The summed E-state index contributed by atoms with van der Waals surface area (Å²) in [5, 5.41) is -0.0630. The number of hydrogen-bond acceptors (Lipinski definition) is 2. The number of carbonyl (C=O) groups excluding carboxylic acids is 1. The van der Waals surface area contributed by atoms with Gasteiger partial charge in [0.25, 0.3) is 0 Å². The largest absolute Gasteiger partial charge is 0.416 e. The molecule has 1 aliphatic rings. The number of rotatable bonds is 4. The molecule has 3 rings (SSSR count). The second-order valence-electron chi connectivity index (χ2n) is 8.99. The fourth-order valence-corrected chi connectivity index (χ4v) is 4.11.